The number of nitrogens with two attached hydrogens (primary N) is 2. The van der Waals surface area contributed by atoms with Crippen molar-refractivity contribution in [2.75, 3.05) is 26.2 Å². The van der Waals surface area contributed by atoms with Crippen LogP contribution >= 0.6 is 0 Å². The molecule has 0 radical (unpaired) electrons. The molecule has 0 aliphatic carbocycles. The number of carboxylic acid groups (broad SMARTS) is 1. The van der Waals surface area contributed by atoms with Crippen LogP contribution < -0.4 is 27.4 Å². The van der Waals surface area contributed by atoms with Gasteiger partial charge < -0.3 is 32.5 Å². The third kappa shape index (κ3) is 19.8. The van der Waals surface area contributed by atoms with Gasteiger partial charge in [-0.2, -0.15) is 0 Å². The van der Waals surface area contributed by atoms with Crippen molar-refractivity contribution in [3.05, 3.63) is 0 Å². The number of hydrogen-bond acceptors (Lipinski definition) is 6. The second kappa shape index (κ2) is 12.3. The lowest BCUT2D eigenvalue weighted by Gasteiger charge is -2.06. The number of carbonyl (C=O) groups excluding carboxylic acids is 4. The average Bonchev–Trinajstić information content (AvgIpc) is 2.39. The molecule has 0 atom stereocenters. The van der Waals surface area contributed by atoms with Gasteiger partial charge in [0.2, 0.25) is 23.6 Å². The van der Waals surface area contributed by atoms with Gasteiger partial charge in [0.25, 0.3) is 5.97 Å². The van der Waals surface area contributed by atoms with Crippen LogP contribution in [0.15, 0.2) is 0 Å². The molecule has 0 unspecified atom stereocenters. The summed E-state index contributed by atoms with van der Waals surface area (Å²) in [5, 5.41) is 14.0. The summed E-state index contributed by atoms with van der Waals surface area (Å²) in [6, 6.07) is 0. The molecule has 0 heterocycles. The molecule has 11 nitrogen and oxygen atoms in total. The summed E-state index contributed by atoms with van der Waals surface area (Å²) in [5.41, 5.74) is 9.79. The van der Waals surface area contributed by atoms with E-state index in [0.717, 1.165) is 6.92 Å². The van der Waals surface area contributed by atoms with Crippen LogP contribution in [-0.2, 0) is 24.0 Å². The van der Waals surface area contributed by atoms with Gasteiger partial charge in [-0.15, -0.1) is 0 Å². The Bertz CT molecular complexity index is 393. The van der Waals surface area contributed by atoms with Gasteiger partial charge in [-0.1, -0.05) is 0 Å². The number of amides is 4. The molecule has 0 rings (SSSR count). The Balaban J connectivity index is 0. The molecule has 21 heavy (non-hydrogen) atoms. The highest BCUT2D eigenvalue weighted by Gasteiger charge is 2.06. The quantitative estimate of drug-likeness (QED) is 0.275. The smallest absolute Gasteiger partial charge is 0.300 e. The van der Waals surface area contributed by atoms with E-state index in [4.69, 9.17) is 21.4 Å². The van der Waals surface area contributed by atoms with E-state index >= 15 is 0 Å². The number of aliphatic carboxylic acids is 1. The number of nitrogens with one attached hydrogen (secondary N) is 3. The van der Waals surface area contributed by atoms with Crippen molar-refractivity contribution in [2.45, 2.75) is 6.92 Å². The minimum absolute atomic E-state index is 0.216. The van der Waals surface area contributed by atoms with Gasteiger partial charge >= 0.3 is 0 Å². The maximum absolute atomic E-state index is 11.1. The first kappa shape index (κ1) is 20.6. The first-order valence-electron chi connectivity index (χ1n) is 5.67. The molecule has 0 fully saturated rings. The summed E-state index contributed by atoms with van der Waals surface area (Å²) in [4.78, 5) is 52.1. The first-order valence-corrected chi connectivity index (χ1v) is 5.67. The Morgan fingerprint density at radius 3 is 1.52 bits per heavy atom. The lowest BCUT2D eigenvalue weighted by molar-refractivity contribution is -0.134. The van der Waals surface area contributed by atoms with Gasteiger partial charge in [0.15, 0.2) is 0 Å². The van der Waals surface area contributed by atoms with Gasteiger partial charge in [0.1, 0.15) is 0 Å². The highest BCUT2D eigenvalue weighted by molar-refractivity contribution is 5.89. The zero-order chi connectivity index (χ0) is 16.8. The Kier molecular flexibility index (Phi) is 12.1. The van der Waals surface area contributed by atoms with Crippen molar-refractivity contribution in [2.24, 2.45) is 11.5 Å². The molecule has 0 aliphatic rings. The Morgan fingerprint density at radius 1 is 0.857 bits per heavy atom. The molecule has 0 saturated carbocycles. The number of carbonyl (C=O) groups is 5. The largest absolute Gasteiger partial charge is 0.481 e. The second-order valence-electron chi connectivity index (χ2n) is 3.52. The van der Waals surface area contributed by atoms with E-state index in [-0.39, 0.29) is 26.2 Å². The van der Waals surface area contributed by atoms with Crippen molar-refractivity contribution >= 4 is 29.6 Å². The predicted molar refractivity (Wildman–Crippen MR) is 70.6 cm³/mol. The Hall–Kier alpha value is -2.69. The third-order valence-electron chi connectivity index (χ3n) is 1.54. The van der Waals surface area contributed by atoms with Gasteiger partial charge in [-0.05, 0) is 0 Å². The van der Waals surface area contributed by atoms with E-state index in [0.29, 0.717) is 0 Å². The standard InChI is InChI=1S/C8H15N5O4.C2H4O2/c9-1-6(15)12-3-8(17)13-4-7(16)11-2-5(10)14;1-2(3)4/h1-4,9H2,(H2,10,14)(H,11,16)(H,12,15)(H,13,17);1H3,(H,3,4). The van der Waals surface area contributed by atoms with E-state index in [1.165, 1.54) is 0 Å². The third-order valence-corrected chi connectivity index (χ3v) is 1.54. The summed E-state index contributed by atoms with van der Waals surface area (Å²) in [6.45, 7) is 0.00866. The maximum atomic E-state index is 11.1. The van der Waals surface area contributed by atoms with Crippen molar-refractivity contribution in [3.8, 4) is 0 Å². The molecule has 4 amide bonds. The lowest BCUT2D eigenvalue weighted by atomic mass is 10.5. The van der Waals surface area contributed by atoms with Crippen LogP contribution in [0.4, 0.5) is 0 Å². The molecule has 0 aromatic carbocycles. The summed E-state index contributed by atoms with van der Waals surface area (Å²) in [6.07, 6.45) is 0. The van der Waals surface area contributed by atoms with Crippen LogP contribution in [0.2, 0.25) is 0 Å². The van der Waals surface area contributed by atoms with Crippen LogP contribution in [0.25, 0.3) is 0 Å². The van der Waals surface area contributed by atoms with Crippen LogP contribution in [0.5, 0.6) is 0 Å². The highest BCUT2D eigenvalue weighted by Crippen LogP contribution is 1.68. The van der Waals surface area contributed by atoms with Crippen LogP contribution in [-0.4, -0.2) is 60.9 Å². The SMILES string of the molecule is CC(=O)O.NCC(=O)NCC(=O)NCC(=O)NCC(N)=O. The van der Waals surface area contributed by atoms with Crippen LogP contribution in [0.1, 0.15) is 6.92 Å². The van der Waals surface area contributed by atoms with Crippen LogP contribution in [0, 0.1) is 0 Å². The average molecular weight is 305 g/mol. The van der Waals surface area contributed by atoms with E-state index < -0.39 is 29.6 Å². The molecular weight excluding hydrogens is 286 g/mol. The number of hydrogen-bond donors (Lipinski definition) is 6. The molecule has 0 aromatic rings. The fourth-order valence-corrected chi connectivity index (χ4v) is 0.741. The highest BCUT2D eigenvalue weighted by atomic mass is 16.4. The number of carboxylic acids is 1. The zero-order valence-electron chi connectivity index (χ0n) is 11.5. The molecule has 0 aliphatic heterocycles. The lowest BCUT2D eigenvalue weighted by Crippen LogP contribution is -2.44. The van der Waals surface area contributed by atoms with Crippen LogP contribution in [0.3, 0.4) is 0 Å². The van der Waals surface area contributed by atoms with E-state index in [2.05, 4.69) is 16.0 Å². The molecule has 0 spiro atoms. The van der Waals surface area contributed by atoms with Crippen molar-refractivity contribution in [1.29, 1.82) is 0 Å². The second-order valence-corrected chi connectivity index (χ2v) is 3.52. The normalized spacial score (nSPS) is 8.67. The predicted octanol–water partition coefficient (Wildman–Crippen LogP) is -4.13. The first-order chi connectivity index (χ1) is 9.68. The van der Waals surface area contributed by atoms with Gasteiger partial charge in [0.05, 0.1) is 26.2 Å². The van der Waals surface area contributed by atoms with Crippen molar-refractivity contribution < 1.29 is 29.1 Å². The molecule has 0 aromatic heterocycles. The molecule has 11 heteroatoms. The zero-order valence-corrected chi connectivity index (χ0v) is 11.5. The Morgan fingerprint density at radius 2 is 1.19 bits per heavy atom. The fourth-order valence-electron chi connectivity index (χ4n) is 0.741. The number of rotatable bonds is 7. The minimum Gasteiger partial charge on any atom is -0.481 e. The molecular formula is C10H19N5O6. The summed E-state index contributed by atoms with van der Waals surface area (Å²) in [5.74, 6) is -3.08. The molecule has 0 saturated heterocycles. The van der Waals surface area contributed by atoms with Gasteiger partial charge in [-0.25, -0.2) is 0 Å². The van der Waals surface area contributed by atoms with E-state index in [1.54, 1.807) is 0 Å². The summed E-state index contributed by atoms with van der Waals surface area (Å²) < 4.78 is 0. The molecule has 8 N–H and O–H groups in total. The van der Waals surface area contributed by atoms with Gasteiger partial charge in [-0.3, -0.25) is 24.0 Å². The number of primary amides is 1. The monoisotopic (exact) mass is 305 g/mol. The fraction of sp³-hybridized carbons (Fsp3) is 0.500. The minimum atomic E-state index is -0.833. The summed E-state index contributed by atoms with van der Waals surface area (Å²) in [7, 11) is 0. The molecule has 120 valence electrons. The van der Waals surface area contributed by atoms with E-state index in [9.17, 15) is 19.2 Å². The van der Waals surface area contributed by atoms with Gasteiger partial charge in [0, 0.05) is 6.92 Å². The van der Waals surface area contributed by atoms with Crippen molar-refractivity contribution in [3.63, 3.8) is 0 Å². The maximum Gasteiger partial charge on any atom is 0.300 e. The topological polar surface area (TPSA) is 194 Å². The Labute approximate surface area is 120 Å². The summed E-state index contributed by atoms with van der Waals surface area (Å²) >= 11 is 0. The van der Waals surface area contributed by atoms with Crippen molar-refractivity contribution in [1.82, 2.24) is 16.0 Å². The molecule has 0 bridgehead atoms. The van der Waals surface area contributed by atoms with E-state index in [1.807, 2.05) is 0 Å².